The quantitative estimate of drug-likeness (QED) is 0.508. The summed E-state index contributed by atoms with van der Waals surface area (Å²) in [6, 6.07) is 7.54. The van der Waals surface area contributed by atoms with Gasteiger partial charge in [-0.1, -0.05) is 19.9 Å². The zero-order valence-electron chi connectivity index (χ0n) is 23.8. The van der Waals surface area contributed by atoms with Crippen molar-refractivity contribution in [2.75, 3.05) is 54.5 Å². The molecule has 0 radical (unpaired) electrons. The summed E-state index contributed by atoms with van der Waals surface area (Å²) in [5.41, 5.74) is 3.13. The Morgan fingerprint density at radius 2 is 1.87 bits per heavy atom. The van der Waals surface area contributed by atoms with Crippen LogP contribution in [-0.4, -0.2) is 78.7 Å². The molecule has 0 saturated carbocycles. The zero-order chi connectivity index (χ0) is 26.8. The van der Waals surface area contributed by atoms with E-state index in [9.17, 15) is 4.79 Å². The Labute approximate surface area is 228 Å². The Hall–Kier alpha value is -2.87. The van der Waals surface area contributed by atoms with Crippen LogP contribution in [0, 0.1) is 0 Å². The van der Waals surface area contributed by atoms with Crippen LogP contribution >= 0.6 is 0 Å². The van der Waals surface area contributed by atoms with Gasteiger partial charge in [-0.25, -0.2) is 9.97 Å². The first-order valence-corrected chi connectivity index (χ1v) is 14.6. The molecule has 0 unspecified atom stereocenters. The van der Waals surface area contributed by atoms with Crippen molar-refractivity contribution >= 4 is 23.1 Å². The third kappa shape index (κ3) is 5.46. The number of fused-ring (bicyclic) bond motifs is 3. The van der Waals surface area contributed by atoms with Gasteiger partial charge in [-0.2, -0.15) is 0 Å². The third-order valence-corrected chi connectivity index (χ3v) is 8.52. The van der Waals surface area contributed by atoms with Gasteiger partial charge >= 0.3 is 0 Å². The number of rotatable bonds is 8. The summed E-state index contributed by atoms with van der Waals surface area (Å²) < 4.78 is 6.32. The number of aromatic nitrogens is 2. The highest BCUT2D eigenvalue weighted by atomic mass is 16.5. The molecule has 0 spiro atoms. The van der Waals surface area contributed by atoms with Gasteiger partial charge in [-0.15, -0.1) is 0 Å². The summed E-state index contributed by atoms with van der Waals surface area (Å²) in [7, 11) is 1.84. The van der Waals surface area contributed by atoms with Gasteiger partial charge in [0.15, 0.2) is 5.82 Å². The molecule has 2 fully saturated rings. The number of amides is 1. The fourth-order valence-corrected chi connectivity index (χ4v) is 6.38. The molecule has 1 aromatic heterocycles. The van der Waals surface area contributed by atoms with Gasteiger partial charge < -0.3 is 24.3 Å². The van der Waals surface area contributed by atoms with Gasteiger partial charge in [0, 0.05) is 68.9 Å². The Bertz CT molecular complexity index is 1130. The number of carbonyl (C=O) groups is 1. The van der Waals surface area contributed by atoms with E-state index in [4.69, 9.17) is 14.7 Å². The van der Waals surface area contributed by atoms with Gasteiger partial charge in [-0.05, 0) is 58.7 Å². The van der Waals surface area contributed by atoms with E-state index in [0.29, 0.717) is 18.9 Å². The number of hydrogen-bond donors (Lipinski definition) is 0. The second kappa shape index (κ2) is 11.5. The highest BCUT2D eigenvalue weighted by Gasteiger charge is 2.35. The van der Waals surface area contributed by atoms with E-state index in [2.05, 4.69) is 60.6 Å². The highest BCUT2D eigenvalue weighted by molar-refractivity contribution is 5.97. The number of nitrogens with zero attached hydrogens (tertiary/aromatic N) is 6. The van der Waals surface area contributed by atoms with E-state index in [1.54, 1.807) is 4.90 Å². The molecule has 1 aromatic carbocycles. The fraction of sp³-hybridized carbons (Fsp3) is 0.633. The third-order valence-electron chi connectivity index (χ3n) is 8.52. The number of hydrogen-bond acceptors (Lipinski definition) is 7. The van der Waals surface area contributed by atoms with E-state index >= 15 is 0 Å². The topological polar surface area (TPSA) is 65.0 Å². The van der Waals surface area contributed by atoms with Gasteiger partial charge in [0.05, 0.1) is 12.3 Å². The van der Waals surface area contributed by atoms with Crippen LogP contribution in [0.5, 0.6) is 5.75 Å². The average molecular weight is 521 g/mol. The van der Waals surface area contributed by atoms with Crippen molar-refractivity contribution in [2.45, 2.75) is 84.4 Å². The molecular formula is C30H44N6O2. The van der Waals surface area contributed by atoms with Crippen LogP contribution in [0.4, 0.5) is 17.2 Å². The van der Waals surface area contributed by atoms with Gasteiger partial charge in [0.1, 0.15) is 17.3 Å². The summed E-state index contributed by atoms with van der Waals surface area (Å²) in [6.45, 7) is 14.0. The first-order chi connectivity index (χ1) is 18.4. The zero-order valence-corrected chi connectivity index (χ0v) is 23.8. The lowest BCUT2D eigenvalue weighted by molar-refractivity contribution is -0.118. The van der Waals surface area contributed by atoms with E-state index in [0.717, 1.165) is 74.2 Å². The Balaban J connectivity index is 1.37. The van der Waals surface area contributed by atoms with Crippen molar-refractivity contribution in [2.24, 2.45) is 0 Å². The van der Waals surface area contributed by atoms with Gasteiger partial charge in [-0.3, -0.25) is 4.79 Å². The molecule has 0 N–H and O–H groups in total. The number of anilines is 3. The van der Waals surface area contributed by atoms with Crippen LogP contribution in [-0.2, 0) is 11.2 Å². The first kappa shape index (κ1) is 26.7. The molecule has 38 heavy (non-hydrogen) atoms. The van der Waals surface area contributed by atoms with Crippen molar-refractivity contribution in [3.05, 3.63) is 35.8 Å². The summed E-state index contributed by atoms with van der Waals surface area (Å²) in [5, 5.41) is 0. The molecule has 4 heterocycles. The molecule has 8 nitrogen and oxygen atoms in total. The second-order valence-corrected chi connectivity index (χ2v) is 11.2. The van der Waals surface area contributed by atoms with Crippen LogP contribution < -0.4 is 19.4 Å². The summed E-state index contributed by atoms with van der Waals surface area (Å²) in [4.78, 5) is 31.6. The van der Waals surface area contributed by atoms with Crippen LogP contribution in [0.3, 0.4) is 0 Å². The lowest BCUT2D eigenvalue weighted by Gasteiger charge is -2.39. The molecule has 8 heteroatoms. The number of ether oxygens (including phenoxy) is 1. The van der Waals surface area contributed by atoms with Crippen LogP contribution in [0.1, 0.15) is 71.2 Å². The molecule has 3 aliphatic rings. The normalized spacial score (nSPS) is 20.2. The second-order valence-electron chi connectivity index (χ2n) is 11.2. The molecule has 0 bridgehead atoms. The van der Waals surface area contributed by atoms with Crippen molar-refractivity contribution in [3.8, 4) is 5.75 Å². The van der Waals surface area contributed by atoms with E-state index < -0.39 is 0 Å². The van der Waals surface area contributed by atoms with Crippen molar-refractivity contribution in [3.63, 3.8) is 0 Å². The predicted molar refractivity (Wildman–Crippen MR) is 154 cm³/mol. The lowest BCUT2D eigenvalue weighted by Crippen LogP contribution is -2.44. The minimum absolute atomic E-state index is 0.0791. The average Bonchev–Trinajstić information content (AvgIpc) is 3.34. The van der Waals surface area contributed by atoms with Crippen molar-refractivity contribution < 1.29 is 9.53 Å². The van der Waals surface area contributed by atoms with E-state index in [1.165, 1.54) is 18.5 Å². The molecule has 1 amide bonds. The maximum Gasteiger partial charge on any atom is 0.228 e. The highest BCUT2D eigenvalue weighted by Crippen LogP contribution is 2.37. The molecule has 3 aliphatic heterocycles. The predicted octanol–water partition coefficient (Wildman–Crippen LogP) is 4.50. The monoisotopic (exact) mass is 520 g/mol. The summed E-state index contributed by atoms with van der Waals surface area (Å²) in [5.74, 6) is 2.71. The first-order valence-electron chi connectivity index (χ1n) is 14.6. The standard InChI is InChI=1S/C30H44N6O2/c1-6-34(7-2)23-12-15-35(16-13-23)24-11-10-22(27(18-24)38-21(3)4)17-28-31-20-26-30(32-28)36-14-8-9-25(36)19-29(37)33(26)5/h10-11,18,20-21,23,25H,6-9,12-17,19H2,1-5H3/t25-/m0/s1. The number of carbonyl (C=O) groups excluding carboxylic acids is 1. The van der Waals surface area contributed by atoms with E-state index in [-0.39, 0.29) is 18.1 Å². The van der Waals surface area contributed by atoms with Crippen molar-refractivity contribution in [1.82, 2.24) is 14.9 Å². The maximum absolute atomic E-state index is 12.7. The summed E-state index contributed by atoms with van der Waals surface area (Å²) in [6.07, 6.45) is 7.57. The van der Waals surface area contributed by atoms with E-state index in [1.807, 2.05) is 13.2 Å². The number of benzene rings is 1. The van der Waals surface area contributed by atoms with Crippen molar-refractivity contribution in [1.29, 1.82) is 0 Å². The number of piperidine rings is 1. The fourth-order valence-electron chi connectivity index (χ4n) is 6.38. The largest absolute Gasteiger partial charge is 0.491 e. The van der Waals surface area contributed by atoms with Crippen LogP contribution in [0.2, 0.25) is 0 Å². The van der Waals surface area contributed by atoms with Gasteiger partial charge in [0.2, 0.25) is 5.91 Å². The molecule has 2 aromatic rings. The molecule has 5 rings (SSSR count). The maximum atomic E-state index is 12.7. The minimum atomic E-state index is 0.0791. The van der Waals surface area contributed by atoms with Crippen LogP contribution in [0.15, 0.2) is 24.4 Å². The molecule has 206 valence electrons. The molecule has 1 atom stereocenters. The Kier molecular flexibility index (Phi) is 8.07. The minimum Gasteiger partial charge on any atom is -0.491 e. The molecule has 2 saturated heterocycles. The Morgan fingerprint density at radius 1 is 1.11 bits per heavy atom. The molecule has 0 aliphatic carbocycles. The van der Waals surface area contributed by atoms with Gasteiger partial charge in [0.25, 0.3) is 0 Å². The summed E-state index contributed by atoms with van der Waals surface area (Å²) >= 11 is 0. The SMILES string of the molecule is CCN(CC)C1CCN(c2ccc(Cc3ncc4c(n3)N3CCC[C@H]3CC(=O)N4C)c(OC(C)C)c2)CC1. The smallest absolute Gasteiger partial charge is 0.228 e. The molecular weight excluding hydrogens is 476 g/mol. The lowest BCUT2D eigenvalue weighted by atomic mass is 10.0. The van der Waals surface area contributed by atoms with Crippen LogP contribution in [0.25, 0.3) is 0 Å². The Morgan fingerprint density at radius 3 is 2.58 bits per heavy atom.